The van der Waals surface area contributed by atoms with E-state index >= 15 is 0 Å². The van der Waals surface area contributed by atoms with E-state index in [2.05, 4.69) is 20.8 Å². The highest BCUT2D eigenvalue weighted by atomic mass is 16.5. The van der Waals surface area contributed by atoms with Crippen molar-refractivity contribution >= 4 is 0 Å². The molecule has 0 aliphatic heterocycles. The van der Waals surface area contributed by atoms with E-state index in [9.17, 15) is 0 Å². The van der Waals surface area contributed by atoms with Gasteiger partial charge in [0.05, 0.1) is 0 Å². The van der Waals surface area contributed by atoms with E-state index in [1.807, 2.05) is 0 Å². The molecule has 1 heteroatoms. The zero-order valence-corrected chi connectivity index (χ0v) is 7.23. The van der Waals surface area contributed by atoms with Crippen LogP contribution in [0.15, 0.2) is 0 Å². The summed E-state index contributed by atoms with van der Waals surface area (Å²) in [6.45, 7) is 9.82. The predicted molar refractivity (Wildman–Crippen MR) is 44.9 cm³/mol. The highest BCUT2D eigenvalue weighted by molar-refractivity contribution is 4.50. The molecule has 0 aromatic carbocycles. The first-order valence-electron chi connectivity index (χ1n) is 4.18. The van der Waals surface area contributed by atoms with Crippen LogP contribution in [0, 0.1) is 12.8 Å². The second kappa shape index (κ2) is 7.07. The van der Waals surface area contributed by atoms with E-state index in [1.54, 1.807) is 0 Å². The summed E-state index contributed by atoms with van der Waals surface area (Å²) in [5.41, 5.74) is 0. The molecule has 0 rings (SSSR count). The molecule has 0 saturated heterocycles. The lowest BCUT2D eigenvalue weighted by Gasteiger charge is -2.05. The molecule has 0 aromatic heterocycles. The molecule has 0 N–H and O–H groups in total. The number of hydrogen-bond acceptors (Lipinski definition) is 1. The Morgan fingerprint density at radius 3 is 2.60 bits per heavy atom. The molecule has 1 atom stereocenters. The van der Waals surface area contributed by atoms with Gasteiger partial charge in [-0.05, 0) is 19.3 Å². The molecule has 61 valence electrons. The first-order chi connectivity index (χ1) is 4.77. The average Bonchev–Trinajstić information content (AvgIpc) is 1.87. The Morgan fingerprint density at radius 1 is 1.40 bits per heavy atom. The van der Waals surface area contributed by atoms with E-state index in [4.69, 9.17) is 4.74 Å². The maximum Gasteiger partial charge on any atom is 0.0491 e. The zero-order valence-electron chi connectivity index (χ0n) is 7.23. The van der Waals surface area contributed by atoms with Crippen LogP contribution in [0.1, 0.15) is 33.1 Å². The third kappa shape index (κ3) is 7.96. The lowest BCUT2D eigenvalue weighted by atomic mass is 10.2. The number of hydrogen-bond donors (Lipinski definition) is 0. The average molecular weight is 143 g/mol. The van der Waals surface area contributed by atoms with Gasteiger partial charge in [-0.1, -0.05) is 26.7 Å². The van der Waals surface area contributed by atoms with Crippen molar-refractivity contribution in [3.63, 3.8) is 0 Å². The van der Waals surface area contributed by atoms with Crippen molar-refractivity contribution in [3.05, 3.63) is 6.92 Å². The lowest BCUT2D eigenvalue weighted by molar-refractivity contribution is 0.113. The Kier molecular flexibility index (Phi) is 7.04. The van der Waals surface area contributed by atoms with Crippen molar-refractivity contribution in [2.45, 2.75) is 33.1 Å². The number of ether oxygens (including phenoxy) is 1. The molecular formula is C9H19O. The van der Waals surface area contributed by atoms with Crippen molar-refractivity contribution in [2.75, 3.05) is 13.2 Å². The monoisotopic (exact) mass is 143 g/mol. The molecule has 0 amide bonds. The van der Waals surface area contributed by atoms with Crippen LogP contribution >= 0.6 is 0 Å². The van der Waals surface area contributed by atoms with Gasteiger partial charge < -0.3 is 4.74 Å². The minimum Gasteiger partial charge on any atom is -0.381 e. The molecule has 0 fully saturated rings. The molecule has 0 heterocycles. The largest absolute Gasteiger partial charge is 0.381 e. The molecule has 10 heavy (non-hydrogen) atoms. The fourth-order valence-corrected chi connectivity index (χ4v) is 0.739. The third-order valence-corrected chi connectivity index (χ3v) is 1.29. The van der Waals surface area contributed by atoms with Crippen LogP contribution in [0.3, 0.4) is 0 Å². The second-order valence-electron chi connectivity index (χ2n) is 2.89. The Labute approximate surface area is 64.8 Å². The maximum atomic E-state index is 5.33. The van der Waals surface area contributed by atoms with Crippen molar-refractivity contribution in [3.8, 4) is 0 Å². The minimum absolute atomic E-state index is 0.432. The van der Waals surface area contributed by atoms with Crippen LogP contribution < -0.4 is 0 Å². The lowest BCUT2D eigenvalue weighted by Crippen LogP contribution is -2.02. The van der Waals surface area contributed by atoms with Crippen LogP contribution in [0.2, 0.25) is 0 Å². The van der Waals surface area contributed by atoms with E-state index in [-0.39, 0.29) is 0 Å². The first kappa shape index (κ1) is 9.96. The summed E-state index contributed by atoms with van der Waals surface area (Å²) in [7, 11) is 0. The third-order valence-electron chi connectivity index (χ3n) is 1.29. The predicted octanol–water partition coefficient (Wildman–Crippen LogP) is 2.66. The summed E-state index contributed by atoms with van der Waals surface area (Å²) in [6.07, 6.45) is 3.75. The van der Waals surface area contributed by atoms with Crippen molar-refractivity contribution in [1.82, 2.24) is 0 Å². The van der Waals surface area contributed by atoms with E-state index < -0.39 is 0 Å². The highest BCUT2D eigenvalue weighted by Crippen LogP contribution is 1.96. The number of unbranched alkanes of at least 4 members (excludes halogenated alkanes) is 2. The molecule has 1 radical (unpaired) electrons. The molecule has 0 saturated carbocycles. The summed E-state index contributed by atoms with van der Waals surface area (Å²) in [6, 6.07) is 0. The summed E-state index contributed by atoms with van der Waals surface area (Å²) >= 11 is 0. The van der Waals surface area contributed by atoms with E-state index in [0.717, 1.165) is 13.2 Å². The van der Waals surface area contributed by atoms with Gasteiger partial charge in [-0.2, -0.15) is 0 Å². The molecule has 0 spiro atoms. The fourth-order valence-electron chi connectivity index (χ4n) is 0.739. The topological polar surface area (TPSA) is 9.23 Å². The summed E-state index contributed by atoms with van der Waals surface area (Å²) in [5, 5.41) is 0. The van der Waals surface area contributed by atoms with Gasteiger partial charge in [-0.3, -0.25) is 0 Å². The first-order valence-corrected chi connectivity index (χ1v) is 4.18. The fraction of sp³-hybridized carbons (Fsp3) is 0.889. The van der Waals surface area contributed by atoms with Gasteiger partial charge in [0.15, 0.2) is 0 Å². The van der Waals surface area contributed by atoms with Gasteiger partial charge in [-0.25, -0.2) is 0 Å². The number of rotatable bonds is 6. The Morgan fingerprint density at radius 2 is 2.10 bits per heavy atom. The van der Waals surface area contributed by atoms with Crippen LogP contribution in [-0.4, -0.2) is 13.2 Å². The maximum absolute atomic E-state index is 5.33. The second-order valence-corrected chi connectivity index (χ2v) is 2.89. The summed E-state index contributed by atoms with van der Waals surface area (Å²) in [5.74, 6) is 0.432. The molecule has 0 aliphatic rings. The quantitative estimate of drug-likeness (QED) is 0.519. The molecule has 0 aromatic rings. The Hall–Kier alpha value is -0.0400. The van der Waals surface area contributed by atoms with Crippen molar-refractivity contribution < 1.29 is 4.74 Å². The standard InChI is InChI=1S/C9H19O/c1-4-5-6-7-10-8-9(2)3/h9H,2,4-8H2,1,3H3. The van der Waals surface area contributed by atoms with Gasteiger partial charge >= 0.3 is 0 Å². The highest BCUT2D eigenvalue weighted by Gasteiger charge is 1.92. The van der Waals surface area contributed by atoms with Crippen LogP contribution in [0.4, 0.5) is 0 Å². The van der Waals surface area contributed by atoms with Crippen molar-refractivity contribution in [2.24, 2.45) is 5.92 Å². The van der Waals surface area contributed by atoms with Crippen LogP contribution in [0.25, 0.3) is 0 Å². The van der Waals surface area contributed by atoms with Crippen molar-refractivity contribution in [1.29, 1.82) is 0 Å². The van der Waals surface area contributed by atoms with Gasteiger partial charge in [0.25, 0.3) is 0 Å². The van der Waals surface area contributed by atoms with E-state index in [1.165, 1.54) is 19.3 Å². The van der Waals surface area contributed by atoms with E-state index in [0.29, 0.717) is 5.92 Å². The molecule has 0 bridgehead atoms. The van der Waals surface area contributed by atoms with Gasteiger partial charge in [0.1, 0.15) is 0 Å². The zero-order chi connectivity index (χ0) is 7.82. The van der Waals surface area contributed by atoms with Crippen LogP contribution in [0.5, 0.6) is 0 Å². The normalized spacial score (nSPS) is 10.8. The van der Waals surface area contributed by atoms with Crippen LogP contribution in [-0.2, 0) is 4.74 Å². The van der Waals surface area contributed by atoms with Gasteiger partial charge in [-0.15, -0.1) is 0 Å². The molecule has 0 aliphatic carbocycles. The van der Waals surface area contributed by atoms with Gasteiger partial charge in [0, 0.05) is 13.2 Å². The molecule has 1 nitrogen and oxygen atoms in total. The minimum atomic E-state index is 0.432. The van der Waals surface area contributed by atoms with Gasteiger partial charge in [0.2, 0.25) is 0 Å². The Bertz CT molecular complexity index is 59.7. The summed E-state index contributed by atoms with van der Waals surface area (Å²) < 4.78 is 5.33. The SMILES string of the molecule is [CH2]C(C)COCCCCC. The molecular weight excluding hydrogens is 124 g/mol. The smallest absolute Gasteiger partial charge is 0.0491 e. The Balaban J connectivity index is 2.77. The summed E-state index contributed by atoms with van der Waals surface area (Å²) in [4.78, 5) is 0. The molecule has 1 unspecified atom stereocenters.